The molecule has 1 aromatic carbocycles. The van der Waals surface area contributed by atoms with Gasteiger partial charge in [-0.2, -0.15) is 9.61 Å². The number of rotatable bonds is 5. The second kappa shape index (κ2) is 9.05. The van der Waals surface area contributed by atoms with Crippen LogP contribution in [0.5, 0.6) is 11.5 Å². The van der Waals surface area contributed by atoms with Crippen molar-refractivity contribution < 1.29 is 9.47 Å². The first-order valence-corrected chi connectivity index (χ1v) is 11.8. The molecule has 1 saturated heterocycles. The SMILES string of the molecule is COc1ccc(-c2nn3c(N4CCN(c5nc(C)cc(C)n5)CC4)cc(C)nc3c2C)cc1OC. The molecular weight excluding hydrogens is 442 g/mol. The second-order valence-corrected chi connectivity index (χ2v) is 8.96. The Hall–Kier alpha value is -3.88. The van der Waals surface area contributed by atoms with Crippen molar-refractivity contribution in [3.05, 3.63) is 53.0 Å². The van der Waals surface area contributed by atoms with Gasteiger partial charge in [-0.05, 0) is 52.0 Å². The van der Waals surface area contributed by atoms with Crippen LogP contribution in [0.1, 0.15) is 22.6 Å². The summed E-state index contributed by atoms with van der Waals surface area (Å²) < 4.78 is 12.9. The van der Waals surface area contributed by atoms with E-state index in [0.29, 0.717) is 11.5 Å². The number of anilines is 2. The molecule has 4 heterocycles. The molecule has 0 spiro atoms. The van der Waals surface area contributed by atoms with Crippen LogP contribution in [0.4, 0.5) is 11.8 Å². The van der Waals surface area contributed by atoms with Gasteiger partial charge in [0, 0.05) is 60.5 Å². The van der Waals surface area contributed by atoms with Gasteiger partial charge in [-0.15, -0.1) is 0 Å². The number of methoxy groups -OCH3 is 2. The van der Waals surface area contributed by atoms with Gasteiger partial charge in [0.15, 0.2) is 17.1 Å². The average molecular weight is 474 g/mol. The summed E-state index contributed by atoms with van der Waals surface area (Å²) in [5, 5.41) is 5.01. The van der Waals surface area contributed by atoms with Gasteiger partial charge in [-0.25, -0.2) is 15.0 Å². The van der Waals surface area contributed by atoms with E-state index in [4.69, 9.17) is 19.6 Å². The van der Waals surface area contributed by atoms with Gasteiger partial charge in [0.1, 0.15) is 5.82 Å². The van der Waals surface area contributed by atoms with Crippen LogP contribution in [0.2, 0.25) is 0 Å². The normalized spacial score (nSPS) is 14.0. The Labute approximate surface area is 205 Å². The Bertz CT molecular complexity index is 1370. The number of hydrogen-bond donors (Lipinski definition) is 0. The fourth-order valence-electron chi connectivity index (χ4n) is 4.69. The molecule has 3 aromatic heterocycles. The van der Waals surface area contributed by atoms with E-state index in [1.807, 2.05) is 49.6 Å². The number of nitrogens with zero attached hydrogens (tertiary/aromatic N) is 7. The maximum Gasteiger partial charge on any atom is 0.225 e. The Balaban J connectivity index is 1.48. The van der Waals surface area contributed by atoms with Gasteiger partial charge in [-0.3, -0.25) is 0 Å². The lowest BCUT2D eigenvalue weighted by atomic mass is 10.1. The zero-order chi connectivity index (χ0) is 24.7. The van der Waals surface area contributed by atoms with Crippen LogP contribution in [0.25, 0.3) is 16.9 Å². The highest BCUT2D eigenvalue weighted by Crippen LogP contribution is 2.34. The van der Waals surface area contributed by atoms with Crippen LogP contribution in [0.15, 0.2) is 30.3 Å². The third kappa shape index (κ3) is 4.22. The molecule has 182 valence electrons. The predicted octanol–water partition coefficient (Wildman–Crippen LogP) is 3.76. The van der Waals surface area contributed by atoms with Gasteiger partial charge in [0.25, 0.3) is 0 Å². The summed E-state index contributed by atoms with van der Waals surface area (Å²) >= 11 is 0. The van der Waals surface area contributed by atoms with Gasteiger partial charge in [-0.1, -0.05) is 0 Å². The van der Waals surface area contributed by atoms with E-state index in [-0.39, 0.29) is 0 Å². The van der Waals surface area contributed by atoms with E-state index in [0.717, 1.165) is 77.5 Å². The summed E-state index contributed by atoms with van der Waals surface area (Å²) in [5.74, 6) is 3.22. The fourth-order valence-corrected chi connectivity index (χ4v) is 4.69. The van der Waals surface area contributed by atoms with E-state index >= 15 is 0 Å². The summed E-state index contributed by atoms with van der Waals surface area (Å²) in [5.41, 5.74) is 6.70. The molecule has 5 rings (SSSR count). The monoisotopic (exact) mass is 473 g/mol. The number of aryl methyl sites for hydroxylation is 4. The van der Waals surface area contributed by atoms with Crippen molar-refractivity contribution in [1.29, 1.82) is 0 Å². The van der Waals surface area contributed by atoms with Gasteiger partial charge in [0.2, 0.25) is 5.95 Å². The molecule has 0 bridgehead atoms. The van der Waals surface area contributed by atoms with E-state index in [2.05, 4.69) is 32.8 Å². The van der Waals surface area contributed by atoms with Crippen molar-refractivity contribution in [1.82, 2.24) is 24.6 Å². The largest absolute Gasteiger partial charge is 0.493 e. The number of piperazine rings is 1. The zero-order valence-electron chi connectivity index (χ0n) is 21.2. The first-order valence-electron chi connectivity index (χ1n) is 11.8. The molecule has 35 heavy (non-hydrogen) atoms. The second-order valence-electron chi connectivity index (χ2n) is 8.96. The first-order chi connectivity index (χ1) is 16.9. The van der Waals surface area contributed by atoms with Crippen LogP contribution >= 0.6 is 0 Å². The molecule has 9 nitrogen and oxygen atoms in total. The third-order valence-corrected chi connectivity index (χ3v) is 6.44. The molecule has 0 N–H and O–H groups in total. The molecule has 9 heteroatoms. The smallest absolute Gasteiger partial charge is 0.225 e. The molecular formula is C26H31N7O2. The van der Waals surface area contributed by atoms with Crippen molar-refractivity contribution in [2.75, 3.05) is 50.2 Å². The highest BCUT2D eigenvalue weighted by atomic mass is 16.5. The maximum absolute atomic E-state index is 5.51. The number of benzene rings is 1. The lowest BCUT2D eigenvalue weighted by molar-refractivity contribution is 0.355. The van der Waals surface area contributed by atoms with Crippen molar-refractivity contribution in [2.24, 2.45) is 0 Å². The minimum absolute atomic E-state index is 0.676. The third-order valence-electron chi connectivity index (χ3n) is 6.44. The molecule has 0 aliphatic carbocycles. The van der Waals surface area contributed by atoms with Gasteiger partial charge in [0.05, 0.1) is 19.9 Å². The Kier molecular flexibility index (Phi) is 5.92. The van der Waals surface area contributed by atoms with Crippen molar-refractivity contribution in [3.8, 4) is 22.8 Å². The molecule has 0 saturated carbocycles. The predicted molar refractivity (Wildman–Crippen MR) is 137 cm³/mol. The number of aromatic nitrogens is 5. The Morgan fingerprint density at radius 1 is 0.714 bits per heavy atom. The highest BCUT2D eigenvalue weighted by molar-refractivity contribution is 5.73. The van der Waals surface area contributed by atoms with Crippen LogP contribution in [-0.2, 0) is 0 Å². The molecule has 1 fully saturated rings. The number of ether oxygens (including phenoxy) is 2. The highest BCUT2D eigenvalue weighted by Gasteiger charge is 2.24. The average Bonchev–Trinajstić information content (AvgIpc) is 3.18. The van der Waals surface area contributed by atoms with Crippen molar-refractivity contribution >= 4 is 17.4 Å². The van der Waals surface area contributed by atoms with Crippen LogP contribution in [0.3, 0.4) is 0 Å². The summed E-state index contributed by atoms with van der Waals surface area (Å²) in [6.07, 6.45) is 0. The topological polar surface area (TPSA) is 80.9 Å². The molecule has 0 unspecified atom stereocenters. The van der Waals surface area contributed by atoms with E-state index in [9.17, 15) is 0 Å². The number of fused-ring (bicyclic) bond motifs is 1. The van der Waals surface area contributed by atoms with E-state index in [1.54, 1.807) is 14.2 Å². The Morgan fingerprint density at radius 3 is 2.00 bits per heavy atom. The molecule has 0 atom stereocenters. The molecule has 4 aromatic rings. The number of hydrogen-bond acceptors (Lipinski definition) is 8. The summed E-state index contributed by atoms with van der Waals surface area (Å²) in [6.45, 7) is 11.5. The molecule has 1 aliphatic heterocycles. The first kappa shape index (κ1) is 22.9. The lowest BCUT2D eigenvalue weighted by Gasteiger charge is -2.36. The summed E-state index contributed by atoms with van der Waals surface area (Å²) in [4.78, 5) is 18.7. The van der Waals surface area contributed by atoms with Crippen LogP contribution in [0, 0.1) is 27.7 Å². The minimum atomic E-state index is 0.676. The maximum atomic E-state index is 5.51. The minimum Gasteiger partial charge on any atom is -0.493 e. The van der Waals surface area contributed by atoms with Gasteiger partial charge < -0.3 is 19.3 Å². The van der Waals surface area contributed by atoms with Crippen molar-refractivity contribution in [3.63, 3.8) is 0 Å². The quantitative estimate of drug-likeness (QED) is 0.433. The van der Waals surface area contributed by atoms with Crippen molar-refractivity contribution in [2.45, 2.75) is 27.7 Å². The van der Waals surface area contributed by atoms with E-state index < -0.39 is 0 Å². The van der Waals surface area contributed by atoms with Crippen LogP contribution < -0.4 is 19.3 Å². The van der Waals surface area contributed by atoms with Crippen LogP contribution in [-0.4, -0.2) is 65.0 Å². The van der Waals surface area contributed by atoms with Gasteiger partial charge >= 0.3 is 0 Å². The Morgan fingerprint density at radius 2 is 1.34 bits per heavy atom. The molecule has 0 radical (unpaired) electrons. The summed E-state index contributed by atoms with van der Waals surface area (Å²) in [7, 11) is 3.28. The fraction of sp³-hybridized carbons (Fsp3) is 0.385. The van der Waals surface area contributed by atoms with E-state index in [1.165, 1.54) is 0 Å². The zero-order valence-corrected chi connectivity index (χ0v) is 21.2. The standard InChI is InChI=1S/C26H31N7O2/c1-16-13-17(2)29-26(28-16)32-11-9-31(10-12-32)23-14-18(3)27-25-19(4)24(30-33(23)25)20-7-8-21(34-5)22(15-20)35-6/h7-8,13-15H,9-12H2,1-6H3. The lowest BCUT2D eigenvalue weighted by Crippen LogP contribution is -2.47. The molecule has 0 amide bonds. The molecule has 1 aliphatic rings. The summed E-state index contributed by atoms with van der Waals surface area (Å²) in [6, 6.07) is 9.99.